The van der Waals surface area contributed by atoms with Crippen LogP contribution in [-0.2, 0) is 21.4 Å². The lowest BCUT2D eigenvalue weighted by Crippen LogP contribution is -2.42. The summed E-state index contributed by atoms with van der Waals surface area (Å²) in [4.78, 5) is 17.3. The third-order valence-electron chi connectivity index (χ3n) is 5.17. The molecule has 0 aromatic heterocycles. The first-order chi connectivity index (χ1) is 16.6. The molecular weight excluding hydrogens is 559 g/mol. The smallest absolute Gasteiger partial charge is 0.374 e. The first-order valence-corrected chi connectivity index (χ1v) is 11.9. The molecule has 6 nitrogen and oxygen atoms in total. The van der Waals surface area contributed by atoms with Gasteiger partial charge in [0.05, 0.1) is 5.71 Å². The molecule has 0 saturated heterocycles. The lowest BCUT2D eigenvalue weighted by molar-refractivity contribution is -0.275. The third-order valence-corrected chi connectivity index (χ3v) is 6.50. The number of nitrogens with zero attached hydrogens (tertiary/aromatic N) is 1. The van der Waals surface area contributed by atoms with Gasteiger partial charge in [-0.3, -0.25) is 4.79 Å². The molecule has 0 radical (unpaired) electrons. The Hall–Kier alpha value is -2.35. The first-order valence-electron chi connectivity index (χ1n) is 10.0. The minimum absolute atomic E-state index is 0.00997. The van der Waals surface area contributed by atoms with Crippen LogP contribution in [0.1, 0.15) is 33.5 Å². The quantitative estimate of drug-likeness (QED) is 0.343. The van der Waals surface area contributed by atoms with Gasteiger partial charge >= 0.3 is 11.7 Å². The van der Waals surface area contributed by atoms with E-state index >= 15 is 0 Å². The van der Waals surface area contributed by atoms with E-state index in [2.05, 4.69) is 10.5 Å². The molecule has 36 heavy (non-hydrogen) atoms. The largest absolute Gasteiger partial charge is 0.485 e. The second-order valence-electron chi connectivity index (χ2n) is 7.68. The van der Waals surface area contributed by atoms with Gasteiger partial charge in [0, 0.05) is 40.7 Å². The van der Waals surface area contributed by atoms with E-state index in [9.17, 15) is 35.3 Å². The van der Waals surface area contributed by atoms with Crippen molar-refractivity contribution in [1.82, 2.24) is 10.0 Å². The second kappa shape index (κ2) is 10.6. The molecule has 3 rings (SSSR count). The maximum Gasteiger partial charge on any atom is 0.485 e. The Balaban J connectivity index is 1.73. The fourth-order valence-electron chi connectivity index (χ4n) is 3.44. The fourth-order valence-corrected chi connectivity index (χ4v) is 4.42. The average molecular weight is 576 g/mol. The molecule has 1 amide bonds. The molecule has 1 aliphatic rings. The van der Waals surface area contributed by atoms with Gasteiger partial charge in [-0.1, -0.05) is 34.4 Å². The molecular formula is C21H17Cl2F6N3O3S. The van der Waals surface area contributed by atoms with Crippen molar-refractivity contribution < 1.29 is 40.2 Å². The van der Waals surface area contributed by atoms with Crippen LogP contribution >= 0.6 is 23.2 Å². The SMILES string of the molecule is Cc1cc(C2=NOC(c3cc(Cl)cc(Cl)c3)(C(F)(F)F)C2)ccc1C(=O)NCCNS(=O)C(F)(F)F. The van der Waals surface area contributed by atoms with Gasteiger partial charge < -0.3 is 10.2 Å². The van der Waals surface area contributed by atoms with Crippen LogP contribution in [0.5, 0.6) is 0 Å². The van der Waals surface area contributed by atoms with E-state index in [0.29, 0.717) is 5.56 Å². The van der Waals surface area contributed by atoms with Gasteiger partial charge in [0.15, 0.2) is 11.0 Å². The number of halogens is 8. The Labute approximate surface area is 213 Å². The predicted octanol–water partition coefficient (Wildman–Crippen LogP) is 5.39. The number of hydrogen-bond donors (Lipinski definition) is 2. The maximum absolute atomic E-state index is 14.1. The Kier molecular flexibility index (Phi) is 8.28. The molecule has 2 aromatic rings. The monoisotopic (exact) mass is 575 g/mol. The fraction of sp³-hybridized carbons (Fsp3) is 0.333. The summed E-state index contributed by atoms with van der Waals surface area (Å²) in [6.07, 6.45) is -5.55. The number of aryl methyl sites for hydroxylation is 1. The van der Waals surface area contributed by atoms with Crippen molar-refractivity contribution in [3.05, 3.63) is 68.7 Å². The van der Waals surface area contributed by atoms with E-state index < -0.39 is 47.1 Å². The summed E-state index contributed by atoms with van der Waals surface area (Å²) in [5, 5.41) is 6.00. The molecule has 0 fully saturated rings. The Morgan fingerprint density at radius 1 is 1.08 bits per heavy atom. The van der Waals surface area contributed by atoms with E-state index in [1.807, 2.05) is 0 Å². The molecule has 2 N–H and O–H groups in total. The molecule has 2 atom stereocenters. The van der Waals surface area contributed by atoms with Crippen LogP contribution in [0.25, 0.3) is 0 Å². The zero-order valence-corrected chi connectivity index (χ0v) is 20.5. The summed E-state index contributed by atoms with van der Waals surface area (Å²) in [6, 6.07) is 7.62. The minimum atomic E-state index is -4.92. The molecule has 0 saturated carbocycles. The number of alkyl halides is 6. The zero-order valence-electron chi connectivity index (χ0n) is 18.2. The highest BCUT2D eigenvalue weighted by Crippen LogP contribution is 2.49. The number of benzene rings is 2. The average Bonchev–Trinajstić information content (AvgIpc) is 3.22. The second-order valence-corrected chi connectivity index (χ2v) is 9.85. The van der Waals surface area contributed by atoms with Gasteiger partial charge in [-0.25, -0.2) is 8.93 Å². The molecule has 2 unspecified atom stereocenters. The first kappa shape index (κ1) is 28.2. The Morgan fingerprint density at radius 2 is 1.72 bits per heavy atom. The van der Waals surface area contributed by atoms with Crippen LogP contribution in [0.15, 0.2) is 41.6 Å². The van der Waals surface area contributed by atoms with Gasteiger partial charge in [-0.05, 0) is 48.4 Å². The van der Waals surface area contributed by atoms with E-state index in [4.69, 9.17) is 28.0 Å². The highest BCUT2D eigenvalue weighted by molar-refractivity contribution is 7.83. The van der Waals surface area contributed by atoms with Crippen molar-refractivity contribution in [3.8, 4) is 0 Å². The molecule has 15 heteroatoms. The van der Waals surface area contributed by atoms with Crippen LogP contribution in [0, 0.1) is 6.92 Å². The summed E-state index contributed by atoms with van der Waals surface area (Å²) >= 11 is 11.8. The number of hydrogen-bond acceptors (Lipinski definition) is 4. The Morgan fingerprint density at radius 3 is 2.28 bits per heavy atom. The number of oxime groups is 1. The predicted molar refractivity (Wildman–Crippen MR) is 122 cm³/mol. The van der Waals surface area contributed by atoms with Crippen molar-refractivity contribution in [2.24, 2.45) is 5.16 Å². The van der Waals surface area contributed by atoms with Gasteiger partial charge in [-0.2, -0.15) is 26.3 Å². The lowest BCUT2D eigenvalue weighted by Gasteiger charge is -2.29. The number of carbonyl (C=O) groups excluding carboxylic acids is 1. The van der Waals surface area contributed by atoms with Crippen LogP contribution in [0.3, 0.4) is 0 Å². The van der Waals surface area contributed by atoms with E-state index in [1.54, 1.807) is 4.72 Å². The van der Waals surface area contributed by atoms with Gasteiger partial charge in [0.2, 0.25) is 0 Å². The lowest BCUT2D eigenvalue weighted by atomic mass is 9.86. The summed E-state index contributed by atoms with van der Waals surface area (Å²) in [5.74, 6) is -0.638. The van der Waals surface area contributed by atoms with Crippen molar-refractivity contribution >= 4 is 45.8 Å². The van der Waals surface area contributed by atoms with Crippen LogP contribution in [0.2, 0.25) is 10.0 Å². The molecule has 196 valence electrons. The van der Waals surface area contributed by atoms with Crippen molar-refractivity contribution in [2.45, 2.75) is 30.6 Å². The Bertz CT molecular complexity index is 1200. The zero-order chi connectivity index (χ0) is 26.9. The summed E-state index contributed by atoms with van der Waals surface area (Å²) in [5.41, 5.74) is -7.31. The summed E-state index contributed by atoms with van der Waals surface area (Å²) in [7, 11) is -3.26. The molecule has 0 bridgehead atoms. The van der Waals surface area contributed by atoms with Gasteiger partial charge in [-0.15, -0.1) is 0 Å². The van der Waals surface area contributed by atoms with Crippen molar-refractivity contribution in [1.29, 1.82) is 0 Å². The van der Waals surface area contributed by atoms with Gasteiger partial charge in [0.1, 0.15) is 0 Å². The molecule has 0 aliphatic carbocycles. The normalized spacial score (nSPS) is 19.0. The van der Waals surface area contributed by atoms with Gasteiger partial charge in [0.25, 0.3) is 11.5 Å². The third kappa shape index (κ3) is 6.13. The standard InChI is InChI=1S/C21H17Cl2F6N3O3S/c1-11-6-12(2-3-16(11)18(33)30-4-5-31-36(34)21(27,28)29)17-10-19(35-32-17,20(24,25)26)13-7-14(22)9-15(23)8-13/h2-3,6-9,31H,4-5,10H2,1H3,(H,30,33). The number of amides is 1. The van der Waals surface area contributed by atoms with E-state index in [0.717, 1.165) is 12.1 Å². The van der Waals surface area contributed by atoms with Crippen LogP contribution < -0.4 is 10.0 Å². The highest BCUT2D eigenvalue weighted by Gasteiger charge is 2.62. The van der Waals surface area contributed by atoms with Crippen molar-refractivity contribution in [2.75, 3.05) is 13.1 Å². The minimum Gasteiger partial charge on any atom is -0.374 e. The molecule has 1 heterocycles. The van der Waals surface area contributed by atoms with E-state index in [-0.39, 0.29) is 39.0 Å². The topological polar surface area (TPSA) is 79.8 Å². The van der Waals surface area contributed by atoms with E-state index in [1.165, 1.54) is 31.2 Å². The molecule has 1 aliphatic heterocycles. The number of rotatable bonds is 7. The number of nitrogens with one attached hydrogen (secondary N) is 2. The summed E-state index contributed by atoms with van der Waals surface area (Å²) in [6.45, 7) is 0.869. The van der Waals surface area contributed by atoms with Crippen LogP contribution in [0.4, 0.5) is 26.3 Å². The highest BCUT2D eigenvalue weighted by atomic mass is 35.5. The summed E-state index contributed by atoms with van der Waals surface area (Å²) < 4.78 is 91.7. The molecule has 0 spiro atoms. The molecule has 2 aromatic carbocycles. The van der Waals surface area contributed by atoms with Crippen molar-refractivity contribution in [3.63, 3.8) is 0 Å². The number of carbonyl (C=O) groups is 1. The maximum atomic E-state index is 14.1. The van der Waals surface area contributed by atoms with Crippen LogP contribution in [-0.4, -0.2) is 40.6 Å².